The Kier molecular flexibility index (Phi) is 6.04. The number of benzene rings is 1. The molecular weight excluding hydrogens is 361 g/mol. The molecule has 1 atom stereocenters. The molecule has 0 bridgehead atoms. The molecule has 0 radical (unpaired) electrons. The largest absolute Gasteiger partial charge is 0.379 e. The first-order valence-electron chi connectivity index (χ1n) is 10.3. The molecule has 0 aromatic heterocycles. The van der Waals surface area contributed by atoms with Crippen molar-refractivity contribution in [2.75, 3.05) is 50.8 Å². The fourth-order valence-corrected chi connectivity index (χ4v) is 4.51. The van der Waals surface area contributed by atoms with E-state index in [-0.39, 0.29) is 30.1 Å². The van der Waals surface area contributed by atoms with E-state index in [0.717, 1.165) is 58.8 Å². The van der Waals surface area contributed by atoms with Crippen molar-refractivity contribution in [2.45, 2.75) is 31.7 Å². The van der Waals surface area contributed by atoms with E-state index < -0.39 is 0 Å². The van der Waals surface area contributed by atoms with Crippen molar-refractivity contribution in [3.05, 3.63) is 30.1 Å². The second-order valence-corrected chi connectivity index (χ2v) is 7.99. The zero-order valence-corrected chi connectivity index (χ0v) is 16.2. The summed E-state index contributed by atoms with van der Waals surface area (Å²) in [6.45, 7) is 6.55. The maximum absolute atomic E-state index is 13.1. The standard InChI is InChI=1S/C21H28FN3O3/c22-17-1-3-18(4-2-17)25-20(26)15-19(21(25)27)24-9-6-16(7-10-24)5-8-23-11-13-28-14-12-23/h1-4,16,19H,5-15H2/t19-/m0/s1. The number of anilines is 1. The molecule has 1 aromatic rings. The molecule has 152 valence electrons. The van der Waals surface area contributed by atoms with Gasteiger partial charge >= 0.3 is 0 Å². The Hall–Kier alpha value is -1.83. The minimum Gasteiger partial charge on any atom is -0.379 e. The summed E-state index contributed by atoms with van der Waals surface area (Å²) in [6.07, 6.45) is 3.54. The molecule has 3 fully saturated rings. The summed E-state index contributed by atoms with van der Waals surface area (Å²) in [5.41, 5.74) is 0.458. The first-order valence-corrected chi connectivity index (χ1v) is 10.3. The van der Waals surface area contributed by atoms with Gasteiger partial charge in [0.25, 0.3) is 5.91 Å². The number of hydrogen-bond donors (Lipinski definition) is 0. The van der Waals surface area contributed by atoms with E-state index in [1.165, 1.54) is 35.6 Å². The molecule has 3 aliphatic rings. The summed E-state index contributed by atoms with van der Waals surface area (Å²) < 4.78 is 18.5. The van der Waals surface area contributed by atoms with E-state index >= 15 is 0 Å². The third kappa shape index (κ3) is 4.26. The predicted molar refractivity (Wildman–Crippen MR) is 103 cm³/mol. The molecule has 0 N–H and O–H groups in total. The molecular formula is C21H28FN3O3. The molecule has 0 saturated carbocycles. The number of carbonyl (C=O) groups excluding carboxylic acids is 2. The van der Waals surface area contributed by atoms with Gasteiger partial charge in [-0.15, -0.1) is 0 Å². The molecule has 6 nitrogen and oxygen atoms in total. The second kappa shape index (κ2) is 8.68. The number of halogens is 1. The van der Waals surface area contributed by atoms with E-state index in [9.17, 15) is 14.0 Å². The normalized spacial score (nSPS) is 25.6. The average Bonchev–Trinajstić information content (AvgIpc) is 3.02. The number of amides is 2. The minimum atomic E-state index is -0.377. The van der Waals surface area contributed by atoms with Crippen LogP contribution in [0.25, 0.3) is 0 Å². The smallest absolute Gasteiger partial charge is 0.251 e. The number of nitrogens with zero attached hydrogens (tertiary/aromatic N) is 3. The number of imide groups is 1. The Morgan fingerprint density at radius 1 is 1.00 bits per heavy atom. The van der Waals surface area contributed by atoms with E-state index in [1.54, 1.807) is 0 Å². The fraction of sp³-hybridized carbons (Fsp3) is 0.619. The highest BCUT2D eigenvalue weighted by Gasteiger charge is 2.43. The van der Waals surface area contributed by atoms with Gasteiger partial charge in [0, 0.05) is 13.1 Å². The first kappa shape index (κ1) is 19.5. The third-order valence-electron chi connectivity index (χ3n) is 6.25. The topological polar surface area (TPSA) is 53.1 Å². The fourth-order valence-electron chi connectivity index (χ4n) is 4.51. The highest BCUT2D eigenvalue weighted by atomic mass is 19.1. The molecule has 3 aliphatic heterocycles. The predicted octanol–water partition coefficient (Wildman–Crippen LogP) is 1.89. The van der Waals surface area contributed by atoms with Crippen LogP contribution in [0.4, 0.5) is 10.1 Å². The maximum atomic E-state index is 13.1. The molecule has 0 unspecified atom stereocenters. The number of ether oxygens (including phenoxy) is 1. The van der Waals surface area contributed by atoms with Gasteiger partial charge in [0.15, 0.2) is 0 Å². The molecule has 0 spiro atoms. The molecule has 7 heteroatoms. The van der Waals surface area contributed by atoms with Crippen molar-refractivity contribution in [1.82, 2.24) is 9.80 Å². The minimum absolute atomic E-state index is 0.177. The number of rotatable bonds is 5. The number of hydrogen-bond acceptors (Lipinski definition) is 5. The van der Waals surface area contributed by atoms with Gasteiger partial charge in [-0.25, -0.2) is 9.29 Å². The molecule has 2 amide bonds. The van der Waals surface area contributed by atoms with Crippen LogP contribution in [-0.4, -0.2) is 73.6 Å². The maximum Gasteiger partial charge on any atom is 0.251 e. The lowest BCUT2D eigenvalue weighted by Gasteiger charge is -2.36. The molecule has 1 aromatic carbocycles. The van der Waals surface area contributed by atoms with Crippen molar-refractivity contribution in [1.29, 1.82) is 0 Å². The highest BCUT2D eigenvalue weighted by molar-refractivity contribution is 6.22. The number of likely N-dealkylation sites (tertiary alicyclic amines) is 1. The van der Waals surface area contributed by atoms with Gasteiger partial charge in [-0.05, 0) is 69.1 Å². The summed E-state index contributed by atoms with van der Waals surface area (Å²) in [7, 11) is 0. The van der Waals surface area contributed by atoms with Crippen LogP contribution in [0.5, 0.6) is 0 Å². The quantitative estimate of drug-likeness (QED) is 0.720. The lowest BCUT2D eigenvalue weighted by Crippen LogP contribution is -2.46. The monoisotopic (exact) mass is 389 g/mol. The average molecular weight is 389 g/mol. The number of piperidine rings is 1. The second-order valence-electron chi connectivity index (χ2n) is 7.99. The SMILES string of the molecule is O=C1C[C@H](N2CCC(CCN3CCOCC3)CC2)C(=O)N1c1ccc(F)cc1. The van der Waals surface area contributed by atoms with Gasteiger partial charge in [-0.2, -0.15) is 0 Å². The van der Waals surface area contributed by atoms with Gasteiger partial charge in [0.05, 0.1) is 31.4 Å². The summed E-state index contributed by atoms with van der Waals surface area (Å²) in [4.78, 5) is 31.1. The molecule has 4 rings (SSSR count). The van der Waals surface area contributed by atoms with Gasteiger partial charge in [0.2, 0.25) is 5.91 Å². The number of carbonyl (C=O) groups is 2. The Labute approximate surface area is 165 Å². The molecule has 0 aliphatic carbocycles. The van der Waals surface area contributed by atoms with Crippen molar-refractivity contribution >= 4 is 17.5 Å². The zero-order valence-electron chi connectivity index (χ0n) is 16.2. The third-order valence-corrected chi connectivity index (χ3v) is 6.25. The van der Waals surface area contributed by atoms with E-state index in [0.29, 0.717) is 11.6 Å². The van der Waals surface area contributed by atoms with Crippen LogP contribution < -0.4 is 4.90 Å². The summed E-state index contributed by atoms with van der Waals surface area (Å²) in [6, 6.07) is 5.17. The summed E-state index contributed by atoms with van der Waals surface area (Å²) >= 11 is 0. The summed E-state index contributed by atoms with van der Waals surface area (Å²) in [5.74, 6) is -0.0718. The van der Waals surface area contributed by atoms with Crippen LogP contribution in [0.3, 0.4) is 0 Å². The molecule has 3 heterocycles. The summed E-state index contributed by atoms with van der Waals surface area (Å²) in [5, 5.41) is 0. The van der Waals surface area contributed by atoms with Gasteiger partial charge in [-0.3, -0.25) is 19.4 Å². The van der Waals surface area contributed by atoms with Crippen LogP contribution in [0.15, 0.2) is 24.3 Å². The lowest BCUT2D eigenvalue weighted by atomic mass is 9.92. The highest BCUT2D eigenvalue weighted by Crippen LogP contribution is 2.29. The Bertz CT molecular complexity index is 697. The van der Waals surface area contributed by atoms with E-state index in [2.05, 4.69) is 9.80 Å². The van der Waals surface area contributed by atoms with Gasteiger partial charge in [-0.1, -0.05) is 0 Å². The van der Waals surface area contributed by atoms with Crippen LogP contribution in [0.1, 0.15) is 25.7 Å². The van der Waals surface area contributed by atoms with Crippen molar-refractivity contribution < 1.29 is 18.7 Å². The lowest BCUT2D eigenvalue weighted by molar-refractivity contribution is -0.123. The molecule has 3 saturated heterocycles. The Balaban J connectivity index is 1.29. The van der Waals surface area contributed by atoms with Gasteiger partial charge < -0.3 is 4.74 Å². The van der Waals surface area contributed by atoms with Crippen molar-refractivity contribution in [3.8, 4) is 0 Å². The number of morpholine rings is 1. The molecule has 28 heavy (non-hydrogen) atoms. The van der Waals surface area contributed by atoms with Crippen LogP contribution in [-0.2, 0) is 14.3 Å². The van der Waals surface area contributed by atoms with E-state index in [1.807, 2.05) is 0 Å². The zero-order chi connectivity index (χ0) is 19.5. The van der Waals surface area contributed by atoms with Gasteiger partial charge in [0.1, 0.15) is 5.82 Å². The Morgan fingerprint density at radius 3 is 2.36 bits per heavy atom. The first-order chi connectivity index (χ1) is 13.6. The van der Waals surface area contributed by atoms with E-state index in [4.69, 9.17) is 4.74 Å². The van der Waals surface area contributed by atoms with Crippen LogP contribution in [0.2, 0.25) is 0 Å². The Morgan fingerprint density at radius 2 is 1.68 bits per heavy atom. The van der Waals surface area contributed by atoms with Crippen LogP contribution in [0, 0.1) is 11.7 Å². The van der Waals surface area contributed by atoms with Crippen molar-refractivity contribution in [3.63, 3.8) is 0 Å². The van der Waals surface area contributed by atoms with Crippen molar-refractivity contribution in [2.24, 2.45) is 5.92 Å². The van der Waals surface area contributed by atoms with Crippen LogP contribution >= 0.6 is 0 Å².